The molecule has 1 N–H and O–H groups in total. The van der Waals surface area contributed by atoms with E-state index in [-0.39, 0.29) is 0 Å². The molecule has 1 aromatic rings. The molecule has 0 aromatic carbocycles. The molecule has 6 heteroatoms. The van der Waals surface area contributed by atoms with Crippen molar-refractivity contribution in [1.29, 1.82) is 0 Å². The van der Waals surface area contributed by atoms with E-state index in [0.29, 0.717) is 23.6 Å². The summed E-state index contributed by atoms with van der Waals surface area (Å²) in [6.45, 7) is 0. The lowest BCUT2D eigenvalue weighted by Crippen LogP contribution is -2.43. The SMILES string of the molecule is CS(=O)(=O)C1CCCC1(O)Cc1ccc(Cl)s1. The molecule has 2 atom stereocenters. The Morgan fingerprint density at radius 1 is 1.59 bits per heavy atom. The normalized spacial score (nSPS) is 29.7. The van der Waals surface area contributed by atoms with Crippen LogP contribution in [0, 0.1) is 0 Å². The second-order valence-corrected chi connectivity index (χ2v) is 8.72. The molecule has 3 nitrogen and oxygen atoms in total. The van der Waals surface area contributed by atoms with Crippen molar-refractivity contribution in [2.75, 3.05) is 6.26 Å². The summed E-state index contributed by atoms with van der Waals surface area (Å²) in [6.07, 6.45) is 3.43. The quantitative estimate of drug-likeness (QED) is 0.930. The summed E-state index contributed by atoms with van der Waals surface area (Å²) in [4.78, 5) is 0.938. The molecule has 1 aliphatic rings. The van der Waals surface area contributed by atoms with Crippen molar-refractivity contribution in [2.45, 2.75) is 36.5 Å². The average Bonchev–Trinajstić information content (AvgIpc) is 2.72. The standard InChI is InChI=1S/C11H15ClO3S2/c1-17(14,15)9-3-2-6-11(9,13)7-8-4-5-10(12)16-8/h4-5,9,13H,2-3,6-7H2,1H3. The number of aliphatic hydroxyl groups is 1. The van der Waals surface area contributed by atoms with Crippen LogP contribution in [0.3, 0.4) is 0 Å². The molecule has 0 spiro atoms. The molecular weight excluding hydrogens is 280 g/mol. The van der Waals surface area contributed by atoms with Gasteiger partial charge in [0.1, 0.15) is 0 Å². The van der Waals surface area contributed by atoms with E-state index in [2.05, 4.69) is 0 Å². The van der Waals surface area contributed by atoms with Gasteiger partial charge in [-0.25, -0.2) is 8.42 Å². The smallest absolute Gasteiger partial charge is 0.153 e. The van der Waals surface area contributed by atoms with Gasteiger partial charge in [0, 0.05) is 17.6 Å². The minimum Gasteiger partial charge on any atom is -0.388 e. The van der Waals surface area contributed by atoms with Crippen LogP contribution in [-0.4, -0.2) is 30.6 Å². The Morgan fingerprint density at radius 2 is 2.29 bits per heavy atom. The Morgan fingerprint density at radius 3 is 2.82 bits per heavy atom. The highest BCUT2D eigenvalue weighted by molar-refractivity contribution is 7.91. The van der Waals surface area contributed by atoms with Gasteiger partial charge in [-0.2, -0.15) is 0 Å². The fraction of sp³-hybridized carbons (Fsp3) is 0.636. The van der Waals surface area contributed by atoms with Gasteiger partial charge in [0.15, 0.2) is 9.84 Å². The third-order valence-electron chi connectivity index (χ3n) is 3.30. The van der Waals surface area contributed by atoms with Crippen LogP contribution in [0.25, 0.3) is 0 Å². The van der Waals surface area contributed by atoms with Gasteiger partial charge in [-0.05, 0) is 31.4 Å². The van der Waals surface area contributed by atoms with Crippen molar-refractivity contribution in [1.82, 2.24) is 0 Å². The van der Waals surface area contributed by atoms with Crippen LogP contribution in [0.15, 0.2) is 12.1 Å². The second kappa shape index (κ2) is 4.53. The van der Waals surface area contributed by atoms with Gasteiger partial charge in [-0.3, -0.25) is 0 Å². The maximum Gasteiger partial charge on any atom is 0.153 e. The molecule has 17 heavy (non-hydrogen) atoms. The van der Waals surface area contributed by atoms with E-state index < -0.39 is 20.7 Å². The van der Waals surface area contributed by atoms with Gasteiger partial charge in [0.25, 0.3) is 0 Å². The molecule has 2 rings (SSSR count). The van der Waals surface area contributed by atoms with Gasteiger partial charge in [0.05, 0.1) is 15.2 Å². The molecule has 1 aliphatic carbocycles. The van der Waals surface area contributed by atoms with Crippen LogP contribution >= 0.6 is 22.9 Å². The summed E-state index contributed by atoms with van der Waals surface area (Å²) in [6, 6.07) is 3.62. The maximum atomic E-state index is 11.7. The molecule has 0 bridgehead atoms. The third-order valence-corrected chi connectivity index (χ3v) is 6.24. The zero-order chi connectivity index (χ0) is 12.7. The van der Waals surface area contributed by atoms with E-state index in [4.69, 9.17) is 11.6 Å². The van der Waals surface area contributed by atoms with Crippen molar-refractivity contribution >= 4 is 32.8 Å². The van der Waals surface area contributed by atoms with Crippen LogP contribution in [0.4, 0.5) is 0 Å². The van der Waals surface area contributed by atoms with E-state index in [9.17, 15) is 13.5 Å². The maximum absolute atomic E-state index is 11.7. The summed E-state index contributed by atoms with van der Waals surface area (Å²) in [7, 11) is -3.20. The van der Waals surface area contributed by atoms with Crippen LogP contribution in [-0.2, 0) is 16.3 Å². The Balaban J connectivity index is 2.23. The zero-order valence-corrected chi connectivity index (χ0v) is 11.9. The minimum absolute atomic E-state index is 0.377. The average molecular weight is 295 g/mol. The molecule has 1 aromatic heterocycles. The lowest BCUT2D eigenvalue weighted by molar-refractivity contribution is 0.0521. The van der Waals surface area contributed by atoms with Crippen molar-refractivity contribution in [2.24, 2.45) is 0 Å². The summed E-state index contributed by atoms with van der Waals surface area (Å²) in [5.41, 5.74) is -1.12. The molecule has 1 heterocycles. The Labute approximate surface area is 110 Å². The molecule has 1 saturated carbocycles. The first kappa shape index (κ1) is 13.3. The third kappa shape index (κ3) is 2.84. The van der Waals surface area contributed by atoms with E-state index in [0.717, 1.165) is 11.3 Å². The van der Waals surface area contributed by atoms with E-state index in [1.54, 1.807) is 6.07 Å². The fourth-order valence-electron chi connectivity index (χ4n) is 2.59. The first-order chi connectivity index (χ1) is 7.81. The van der Waals surface area contributed by atoms with Crippen LogP contribution < -0.4 is 0 Å². The molecule has 0 radical (unpaired) electrons. The minimum atomic E-state index is -3.20. The number of thiophene rings is 1. The Kier molecular flexibility index (Phi) is 3.56. The number of rotatable bonds is 3. The van der Waals surface area contributed by atoms with E-state index in [1.165, 1.54) is 17.6 Å². The van der Waals surface area contributed by atoms with Gasteiger partial charge >= 0.3 is 0 Å². The monoisotopic (exact) mass is 294 g/mol. The molecule has 2 unspecified atom stereocenters. The van der Waals surface area contributed by atoms with Crippen LogP contribution in [0.2, 0.25) is 4.34 Å². The fourth-order valence-corrected chi connectivity index (χ4v) is 5.38. The van der Waals surface area contributed by atoms with E-state index >= 15 is 0 Å². The topological polar surface area (TPSA) is 54.4 Å². The van der Waals surface area contributed by atoms with Crippen LogP contribution in [0.1, 0.15) is 24.1 Å². The van der Waals surface area contributed by atoms with Crippen molar-refractivity contribution in [3.63, 3.8) is 0 Å². The summed E-state index contributed by atoms with van der Waals surface area (Å²) in [5, 5.41) is 9.89. The molecule has 96 valence electrons. The Hall–Kier alpha value is -0.100. The summed E-state index contributed by atoms with van der Waals surface area (Å²) < 4.78 is 24.0. The van der Waals surface area contributed by atoms with Gasteiger partial charge in [0.2, 0.25) is 0 Å². The van der Waals surface area contributed by atoms with E-state index in [1.807, 2.05) is 6.07 Å². The molecule has 0 aliphatic heterocycles. The molecular formula is C11H15ClO3S2. The van der Waals surface area contributed by atoms with Gasteiger partial charge in [-0.15, -0.1) is 11.3 Å². The highest BCUT2D eigenvalue weighted by atomic mass is 35.5. The van der Waals surface area contributed by atoms with Crippen molar-refractivity contribution < 1.29 is 13.5 Å². The lowest BCUT2D eigenvalue weighted by atomic mass is 9.97. The molecule has 0 amide bonds. The zero-order valence-electron chi connectivity index (χ0n) is 9.52. The highest BCUT2D eigenvalue weighted by Crippen LogP contribution is 2.38. The highest BCUT2D eigenvalue weighted by Gasteiger charge is 2.46. The predicted molar refractivity (Wildman–Crippen MR) is 70.5 cm³/mol. The van der Waals surface area contributed by atoms with Crippen LogP contribution in [0.5, 0.6) is 0 Å². The largest absolute Gasteiger partial charge is 0.388 e. The van der Waals surface area contributed by atoms with Gasteiger partial charge in [-0.1, -0.05) is 11.6 Å². The molecule has 0 saturated heterocycles. The lowest BCUT2D eigenvalue weighted by Gasteiger charge is -2.28. The molecule has 1 fully saturated rings. The first-order valence-electron chi connectivity index (χ1n) is 5.47. The second-order valence-electron chi connectivity index (χ2n) is 4.70. The summed E-state index contributed by atoms with van der Waals surface area (Å²) in [5.74, 6) is 0. The number of halogens is 1. The van der Waals surface area contributed by atoms with Crippen molar-refractivity contribution in [3.8, 4) is 0 Å². The van der Waals surface area contributed by atoms with Gasteiger partial charge < -0.3 is 5.11 Å². The number of hydrogen-bond donors (Lipinski definition) is 1. The van der Waals surface area contributed by atoms with Crippen molar-refractivity contribution in [3.05, 3.63) is 21.3 Å². The number of hydrogen-bond acceptors (Lipinski definition) is 4. The summed E-state index contributed by atoms with van der Waals surface area (Å²) >= 11 is 7.23. The Bertz CT molecular complexity index is 509. The number of sulfone groups is 1. The predicted octanol–water partition coefficient (Wildman–Crippen LogP) is 2.27. The first-order valence-corrected chi connectivity index (χ1v) is 8.62.